The highest BCUT2D eigenvalue weighted by Crippen LogP contribution is 2.31. The molecule has 1 N–H and O–H groups in total. The van der Waals surface area contributed by atoms with E-state index in [-0.39, 0.29) is 0 Å². The lowest BCUT2D eigenvalue weighted by molar-refractivity contribution is 0.415. The number of hydrogen-bond donors (Lipinski definition) is 1. The SMILES string of the molecule is Cc1nocc1-c1nc2c(s1)CNCC2. The van der Waals surface area contributed by atoms with Crippen LogP contribution in [0.5, 0.6) is 0 Å². The van der Waals surface area contributed by atoms with Gasteiger partial charge >= 0.3 is 0 Å². The molecule has 1 aliphatic rings. The van der Waals surface area contributed by atoms with Gasteiger partial charge in [-0.25, -0.2) is 4.98 Å². The Hall–Kier alpha value is -1.20. The van der Waals surface area contributed by atoms with Gasteiger partial charge in [-0.1, -0.05) is 5.16 Å². The molecule has 0 bridgehead atoms. The zero-order chi connectivity index (χ0) is 10.3. The molecule has 0 spiro atoms. The van der Waals surface area contributed by atoms with Gasteiger partial charge in [-0.2, -0.15) is 0 Å². The number of thiazole rings is 1. The number of rotatable bonds is 1. The summed E-state index contributed by atoms with van der Waals surface area (Å²) in [6, 6.07) is 0. The fourth-order valence-electron chi connectivity index (χ4n) is 1.74. The van der Waals surface area contributed by atoms with Crippen LogP contribution >= 0.6 is 11.3 Å². The molecular weight excluding hydrogens is 210 g/mol. The van der Waals surface area contributed by atoms with Crippen molar-refractivity contribution in [2.75, 3.05) is 6.54 Å². The van der Waals surface area contributed by atoms with E-state index in [1.807, 2.05) is 6.92 Å². The molecule has 0 atom stereocenters. The van der Waals surface area contributed by atoms with Crippen LogP contribution in [0.4, 0.5) is 0 Å². The first-order chi connectivity index (χ1) is 7.34. The van der Waals surface area contributed by atoms with Crippen molar-refractivity contribution in [3.05, 3.63) is 22.5 Å². The molecule has 0 fully saturated rings. The lowest BCUT2D eigenvalue weighted by atomic mass is 10.2. The third-order valence-electron chi connectivity index (χ3n) is 2.58. The first-order valence-electron chi connectivity index (χ1n) is 4.95. The maximum Gasteiger partial charge on any atom is 0.134 e. The molecule has 0 saturated carbocycles. The second-order valence-electron chi connectivity index (χ2n) is 3.63. The van der Waals surface area contributed by atoms with E-state index in [1.165, 1.54) is 10.6 Å². The van der Waals surface area contributed by atoms with Crippen molar-refractivity contribution in [1.29, 1.82) is 0 Å². The molecule has 0 radical (unpaired) electrons. The highest BCUT2D eigenvalue weighted by atomic mass is 32.1. The van der Waals surface area contributed by atoms with E-state index >= 15 is 0 Å². The Morgan fingerprint density at radius 2 is 2.47 bits per heavy atom. The maximum absolute atomic E-state index is 4.93. The number of fused-ring (bicyclic) bond motifs is 1. The van der Waals surface area contributed by atoms with Gasteiger partial charge in [-0.15, -0.1) is 11.3 Å². The highest BCUT2D eigenvalue weighted by Gasteiger charge is 2.17. The van der Waals surface area contributed by atoms with Gasteiger partial charge in [0.1, 0.15) is 11.3 Å². The van der Waals surface area contributed by atoms with E-state index in [1.54, 1.807) is 17.6 Å². The summed E-state index contributed by atoms with van der Waals surface area (Å²) in [6.45, 7) is 3.91. The third-order valence-corrected chi connectivity index (χ3v) is 3.71. The van der Waals surface area contributed by atoms with Crippen molar-refractivity contribution >= 4 is 11.3 Å². The van der Waals surface area contributed by atoms with Crippen molar-refractivity contribution < 1.29 is 4.52 Å². The first-order valence-corrected chi connectivity index (χ1v) is 5.77. The van der Waals surface area contributed by atoms with E-state index in [0.29, 0.717) is 0 Å². The van der Waals surface area contributed by atoms with Crippen molar-refractivity contribution in [3.8, 4) is 10.6 Å². The molecule has 1 aliphatic heterocycles. The first kappa shape index (κ1) is 9.06. The van der Waals surface area contributed by atoms with Crippen molar-refractivity contribution in [1.82, 2.24) is 15.5 Å². The van der Waals surface area contributed by atoms with E-state index in [2.05, 4.69) is 15.5 Å². The monoisotopic (exact) mass is 221 g/mol. The molecule has 3 heterocycles. The third kappa shape index (κ3) is 1.48. The average molecular weight is 221 g/mol. The molecule has 0 amide bonds. The molecule has 78 valence electrons. The van der Waals surface area contributed by atoms with E-state index in [4.69, 9.17) is 4.52 Å². The lowest BCUT2D eigenvalue weighted by Crippen LogP contribution is -2.22. The van der Waals surface area contributed by atoms with E-state index < -0.39 is 0 Å². The number of aryl methyl sites for hydroxylation is 1. The minimum atomic E-state index is 0.911. The van der Waals surface area contributed by atoms with Crippen LogP contribution < -0.4 is 5.32 Å². The van der Waals surface area contributed by atoms with Crippen LogP contribution in [-0.2, 0) is 13.0 Å². The van der Waals surface area contributed by atoms with Crippen LogP contribution in [0, 0.1) is 6.92 Å². The van der Waals surface area contributed by atoms with Gasteiger partial charge in [0, 0.05) is 24.4 Å². The minimum Gasteiger partial charge on any atom is -0.364 e. The Morgan fingerprint density at radius 1 is 1.53 bits per heavy atom. The molecule has 0 aliphatic carbocycles. The largest absolute Gasteiger partial charge is 0.364 e. The lowest BCUT2D eigenvalue weighted by Gasteiger charge is -2.09. The van der Waals surface area contributed by atoms with Gasteiger partial charge in [0.15, 0.2) is 0 Å². The fraction of sp³-hybridized carbons (Fsp3) is 0.400. The molecule has 0 aromatic carbocycles. The fourth-order valence-corrected chi connectivity index (χ4v) is 2.87. The predicted octanol–water partition coefficient (Wildman–Crippen LogP) is 1.75. The second kappa shape index (κ2) is 3.43. The minimum absolute atomic E-state index is 0.911. The molecule has 0 saturated heterocycles. The Morgan fingerprint density at radius 3 is 3.20 bits per heavy atom. The van der Waals surface area contributed by atoms with Crippen LogP contribution in [-0.4, -0.2) is 16.7 Å². The van der Waals surface area contributed by atoms with Crippen LogP contribution in [0.3, 0.4) is 0 Å². The molecule has 3 rings (SSSR count). The van der Waals surface area contributed by atoms with Crippen LogP contribution in [0.15, 0.2) is 10.8 Å². The zero-order valence-corrected chi connectivity index (χ0v) is 9.23. The van der Waals surface area contributed by atoms with Crippen molar-refractivity contribution in [2.45, 2.75) is 19.9 Å². The molecule has 5 heteroatoms. The standard InChI is InChI=1S/C10H11N3OS/c1-6-7(5-14-13-6)10-12-8-2-3-11-4-9(8)15-10/h5,11H,2-4H2,1H3. The summed E-state index contributed by atoms with van der Waals surface area (Å²) in [7, 11) is 0. The van der Waals surface area contributed by atoms with Gasteiger partial charge in [-0.05, 0) is 6.92 Å². The number of hydrogen-bond acceptors (Lipinski definition) is 5. The van der Waals surface area contributed by atoms with Gasteiger partial charge in [0.05, 0.1) is 17.0 Å². The summed E-state index contributed by atoms with van der Waals surface area (Å²) in [5.41, 5.74) is 3.16. The maximum atomic E-state index is 4.93. The number of aromatic nitrogens is 2. The zero-order valence-electron chi connectivity index (χ0n) is 8.41. The smallest absolute Gasteiger partial charge is 0.134 e. The summed E-state index contributed by atoms with van der Waals surface area (Å²) in [5, 5.41) is 8.25. The molecule has 0 unspecified atom stereocenters. The number of nitrogens with zero attached hydrogens (tertiary/aromatic N) is 2. The van der Waals surface area contributed by atoms with Crippen LogP contribution in [0.1, 0.15) is 16.3 Å². The molecule has 15 heavy (non-hydrogen) atoms. The van der Waals surface area contributed by atoms with Gasteiger partial charge in [0.25, 0.3) is 0 Å². The topological polar surface area (TPSA) is 51.0 Å². The second-order valence-corrected chi connectivity index (χ2v) is 4.71. The number of nitrogens with one attached hydrogen (secondary N) is 1. The quantitative estimate of drug-likeness (QED) is 0.797. The van der Waals surface area contributed by atoms with Crippen LogP contribution in [0.25, 0.3) is 10.6 Å². The van der Waals surface area contributed by atoms with Crippen molar-refractivity contribution in [3.63, 3.8) is 0 Å². The van der Waals surface area contributed by atoms with E-state index in [9.17, 15) is 0 Å². The molecule has 2 aromatic rings. The Labute approximate surface area is 91.3 Å². The summed E-state index contributed by atoms with van der Waals surface area (Å²) in [5.74, 6) is 0. The summed E-state index contributed by atoms with van der Waals surface area (Å²) in [6.07, 6.45) is 2.70. The van der Waals surface area contributed by atoms with Gasteiger partial charge in [0.2, 0.25) is 0 Å². The Balaban J connectivity index is 2.06. The molecule has 4 nitrogen and oxygen atoms in total. The molecule has 2 aromatic heterocycles. The summed E-state index contributed by atoms with van der Waals surface area (Å²) in [4.78, 5) is 5.98. The predicted molar refractivity (Wildman–Crippen MR) is 57.8 cm³/mol. The Kier molecular flexibility index (Phi) is 2.07. The summed E-state index contributed by atoms with van der Waals surface area (Å²) < 4.78 is 4.93. The summed E-state index contributed by atoms with van der Waals surface area (Å²) >= 11 is 1.73. The van der Waals surface area contributed by atoms with Gasteiger partial charge in [-0.3, -0.25) is 0 Å². The molecular formula is C10H11N3OS. The van der Waals surface area contributed by atoms with Crippen molar-refractivity contribution in [2.24, 2.45) is 0 Å². The van der Waals surface area contributed by atoms with E-state index in [0.717, 1.165) is 35.8 Å². The normalized spacial score (nSPS) is 15.3. The average Bonchev–Trinajstić information content (AvgIpc) is 2.82. The highest BCUT2D eigenvalue weighted by molar-refractivity contribution is 7.15. The Bertz CT molecular complexity index is 465. The van der Waals surface area contributed by atoms with Crippen LogP contribution in [0.2, 0.25) is 0 Å². The van der Waals surface area contributed by atoms with Gasteiger partial charge < -0.3 is 9.84 Å².